The van der Waals surface area contributed by atoms with Crippen LogP contribution < -0.4 is 11.1 Å². The summed E-state index contributed by atoms with van der Waals surface area (Å²) in [6.45, 7) is 6.00. The lowest BCUT2D eigenvalue weighted by molar-refractivity contribution is -0.139. The molecule has 0 aromatic heterocycles. The van der Waals surface area contributed by atoms with Crippen molar-refractivity contribution in [2.24, 2.45) is 11.7 Å². The van der Waals surface area contributed by atoms with Crippen LogP contribution >= 0.6 is 0 Å². The summed E-state index contributed by atoms with van der Waals surface area (Å²) in [6.07, 6.45) is 4.95. The molecule has 3 fully saturated rings. The zero-order valence-corrected chi connectivity index (χ0v) is 18.6. The molecular weight excluding hydrogens is 392 g/mol. The van der Waals surface area contributed by atoms with Crippen molar-refractivity contribution in [3.05, 3.63) is 35.4 Å². The second-order valence-electron chi connectivity index (χ2n) is 9.30. The Labute approximate surface area is 185 Å². The number of nitrogens with zero attached hydrogens (tertiary/aromatic N) is 2. The minimum Gasteiger partial charge on any atom is -0.377 e. The molecule has 1 saturated carbocycles. The Morgan fingerprint density at radius 1 is 1.23 bits per heavy atom. The van der Waals surface area contributed by atoms with Crippen molar-refractivity contribution < 1.29 is 14.3 Å². The molecule has 1 aromatic carbocycles. The van der Waals surface area contributed by atoms with Crippen LogP contribution in [0.3, 0.4) is 0 Å². The maximum atomic E-state index is 13.0. The molecule has 3 atom stereocenters. The van der Waals surface area contributed by atoms with Crippen LogP contribution in [0.4, 0.5) is 0 Å². The fraction of sp³-hybridized carbons (Fsp3) is 0.667. The SMILES string of the molecule is Cc1ccc(CN(CC2CCCO2)C2CC(C(=O)NCCN)N(C(=O)C3CC3)C2)cc1. The third kappa shape index (κ3) is 5.64. The van der Waals surface area contributed by atoms with Gasteiger partial charge in [-0.1, -0.05) is 29.8 Å². The van der Waals surface area contributed by atoms with Gasteiger partial charge in [0.25, 0.3) is 0 Å². The van der Waals surface area contributed by atoms with Gasteiger partial charge in [-0.2, -0.15) is 0 Å². The molecule has 3 unspecified atom stereocenters. The highest BCUT2D eigenvalue weighted by Gasteiger charge is 2.45. The van der Waals surface area contributed by atoms with Crippen LogP contribution in [0.25, 0.3) is 0 Å². The molecule has 2 aliphatic heterocycles. The molecule has 0 bridgehead atoms. The van der Waals surface area contributed by atoms with E-state index >= 15 is 0 Å². The molecule has 0 spiro atoms. The summed E-state index contributed by atoms with van der Waals surface area (Å²) in [5.41, 5.74) is 8.07. The van der Waals surface area contributed by atoms with Crippen LogP contribution in [-0.2, 0) is 20.9 Å². The highest BCUT2D eigenvalue weighted by Crippen LogP contribution is 2.35. The van der Waals surface area contributed by atoms with Gasteiger partial charge < -0.3 is 20.7 Å². The van der Waals surface area contributed by atoms with Crippen LogP contribution in [0.2, 0.25) is 0 Å². The number of hydrogen-bond acceptors (Lipinski definition) is 5. The van der Waals surface area contributed by atoms with E-state index in [1.54, 1.807) is 0 Å². The lowest BCUT2D eigenvalue weighted by Crippen LogP contribution is -2.47. The van der Waals surface area contributed by atoms with Crippen molar-refractivity contribution in [1.82, 2.24) is 15.1 Å². The number of nitrogens with two attached hydrogens (primary N) is 1. The van der Waals surface area contributed by atoms with Gasteiger partial charge in [0.15, 0.2) is 0 Å². The number of carbonyl (C=O) groups excluding carboxylic acids is 2. The topological polar surface area (TPSA) is 87.9 Å². The minimum atomic E-state index is -0.408. The maximum absolute atomic E-state index is 13.0. The lowest BCUT2D eigenvalue weighted by atomic mass is 10.1. The predicted molar refractivity (Wildman–Crippen MR) is 119 cm³/mol. The molecule has 2 amide bonds. The van der Waals surface area contributed by atoms with Crippen molar-refractivity contribution >= 4 is 11.8 Å². The van der Waals surface area contributed by atoms with Gasteiger partial charge in [-0.25, -0.2) is 0 Å². The van der Waals surface area contributed by atoms with E-state index in [-0.39, 0.29) is 29.9 Å². The van der Waals surface area contributed by atoms with Gasteiger partial charge >= 0.3 is 0 Å². The van der Waals surface area contributed by atoms with E-state index in [0.29, 0.717) is 26.1 Å². The molecule has 4 rings (SSSR count). The van der Waals surface area contributed by atoms with Gasteiger partial charge in [-0.15, -0.1) is 0 Å². The normalized spacial score (nSPS) is 25.9. The highest BCUT2D eigenvalue weighted by atomic mass is 16.5. The summed E-state index contributed by atoms with van der Waals surface area (Å²) in [4.78, 5) is 30.1. The number of carbonyl (C=O) groups is 2. The van der Waals surface area contributed by atoms with Crippen molar-refractivity contribution in [1.29, 1.82) is 0 Å². The molecule has 7 heteroatoms. The fourth-order valence-electron chi connectivity index (χ4n) is 4.77. The van der Waals surface area contributed by atoms with E-state index < -0.39 is 6.04 Å². The first-order valence-electron chi connectivity index (χ1n) is 11.7. The first-order valence-corrected chi connectivity index (χ1v) is 11.7. The zero-order valence-electron chi connectivity index (χ0n) is 18.6. The van der Waals surface area contributed by atoms with E-state index in [1.165, 1.54) is 11.1 Å². The highest BCUT2D eigenvalue weighted by molar-refractivity contribution is 5.90. The van der Waals surface area contributed by atoms with Crippen LogP contribution in [-0.4, -0.2) is 72.6 Å². The lowest BCUT2D eigenvalue weighted by Gasteiger charge is -2.31. The Morgan fingerprint density at radius 3 is 2.65 bits per heavy atom. The summed E-state index contributed by atoms with van der Waals surface area (Å²) in [5, 5.41) is 2.91. The van der Waals surface area contributed by atoms with E-state index in [0.717, 1.165) is 45.4 Å². The molecule has 2 heterocycles. The van der Waals surface area contributed by atoms with Gasteiger partial charge in [0.2, 0.25) is 11.8 Å². The fourth-order valence-corrected chi connectivity index (χ4v) is 4.77. The molecule has 3 aliphatic rings. The Kier molecular flexibility index (Phi) is 7.25. The first-order chi connectivity index (χ1) is 15.0. The van der Waals surface area contributed by atoms with Crippen molar-refractivity contribution in [2.75, 3.05) is 32.8 Å². The monoisotopic (exact) mass is 428 g/mol. The Balaban J connectivity index is 1.51. The number of likely N-dealkylation sites (tertiary alicyclic amines) is 1. The second kappa shape index (κ2) is 10.1. The van der Waals surface area contributed by atoms with Gasteiger partial charge in [0.05, 0.1) is 6.10 Å². The molecular formula is C24H36N4O3. The van der Waals surface area contributed by atoms with E-state index in [4.69, 9.17) is 10.5 Å². The van der Waals surface area contributed by atoms with E-state index in [9.17, 15) is 9.59 Å². The van der Waals surface area contributed by atoms with Gasteiger partial charge in [0.1, 0.15) is 6.04 Å². The molecule has 1 aromatic rings. The third-order valence-electron chi connectivity index (χ3n) is 6.72. The zero-order chi connectivity index (χ0) is 21.8. The molecule has 3 N–H and O–H groups in total. The summed E-state index contributed by atoms with van der Waals surface area (Å²) < 4.78 is 5.93. The molecule has 31 heavy (non-hydrogen) atoms. The number of aryl methyl sites for hydroxylation is 1. The van der Waals surface area contributed by atoms with Crippen molar-refractivity contribution in [3.63, 3.8) is 0 Å². The van der Waals surface area contributed by atoms with E-state index in [1.807, 2.05) is 4.90 Å². The quantitative estimate of drug-likeness (QED) is 0.621. The second-order valence-corrected chi connectivity index (χ2v) is 9.30. The maximum Gasteiger partial charge on any atom is 0.242 e. The Bertz CT molecular complexity index is 759. The van der Waals surface area contributed by atoms with Gasteiger partial charge in [0, 0.05) is 51.3 Å². The predicted octanol–water partition coefficient (Wildman–Crippen LogP) is 1.43. The average Bonchev–Trinajstić information content (AvgIpc) is 3.31. The van der Waals surface area contributed by atoms with Gasteiger partial charge in [-0.05, 0) is 44.6 Å². The Hall–Kier alpha value is -1.96. The number of rotatable bonds is 9. The van der Waals surface area contributed by atoms with Crippen LogP contribution in [0.1, 0.15) is 43.2 Å². The largest absolute Gasteiger partial charge is 0.377 e. The van der Waals surface area contributed by atoms with Crippen LogP contribution in [0, 0.1) is 12.8 Å². The molecule has 1 aliphatic carbocycles. The Morgan fingerprint density at radius 2 is 2.00 bits per heavy atom. The first kappa shape index (κ1) is 22.2. The summed E-state index contributed by atoms with van der Waals surface area (Å²) in [5.74, 6) is 0.171. The summed E-state index contributed by atoms with van der Waals surface area (Å²) in [6, 6.07) is 8.36. The minimum absolute atomic E-state index is 0.0747. The van der Waals surface area contributed by atoms with Crippen molar-refractivity contribution in [3.8, 4) is 0 Å². The van der Waals surface area contributed by atoms with Gasteiger partial charge in [-0.3, -0.25) is 14.5 Å². The summed E-state index contributed by atoms with van der Waals surface area (Å²) >= 11 is 0. The smallest absolute Gasteiger partial charge is 0.242 e. The number of ether oxygens (including phenoxy) is 1. The number of amides is 2. The molecule has 7 nitrogen and oxygen atoms in total. The summed E-state index contributed by atoms with van der Waals surface area (Å²) in [7, 11) is 0. The molecule has 0 radical (unpaired) electrons. The number of hydrogen-bond donors (Lipinski definition) is 2. The average molecular weight is 429 g/mol. The van der Waals surface area contributed by atoms with Crippen LogP contribution in [0.15, 0.2) is 24.3 Å². The molecule has 170 valence electrons. The van der Waals surface area contributed by atoms with Crippen molar-refractivity contribution in [2.45, 2.75) is 63.8 Å². The van der Waals surface area contributed by atoms with Crippen LogP contribution in [0.5, 0.6) is 0 Å². The number of benzene rings is 1. The third-order valence-corrected chi connectivity index (χ3v) is 6.72. The van der Waals surface area contributed by atoms with E-state index in [2.05, 4.69) is 41.4 Å². The number of nitrogens with one attached hydrogen (secondary N) is 1. The molecule has 2 saturated heterocycles. The standard InChI is InChI=1S/C24H36N4O3/c1-17-4-6-18(7-5-17)14-27(16-21-3-2-12-31-21)20-13-22(23(29)26-11-10-25)28(15-20)24(30)19-8-9-19/h4-7,19-22H,2-3,8-16,25H2,1H3,(H,26,29).